The minimum atomic E-state index is -1.07. The highest BCUT2D eigenvalue weighted by atomic mass is 16.4. The molecule has 2 amide bonds. The van der Waals surface area contributed by atoms with E-state index in [1.54, 1.807) is 7.05 Å². The lowest BCUT2D eigenvalue weighted by atomic mass is 10.2. The Hall–Kier alpha value is -0.810. The summed E-state index contributed by atoms with van der Waals surface area (Å²) >= 11 is 0. The number of carbonyl (C=O) groups excluding carboxylic acids is 1. The van der Waals surface area contributed by atoms with Gasteiger partial charge in [-0.3, -0.25) is 4.90 Å². The molecule has 0 aromatic heterocycles. The second kappa shape index (κ2) is 2.67. The second-order valence-corrected chi connectivity index (χ2v) is 2.75. The van der Waals surface area contributed by atoms with Gasteiger partial charge in [-0.1, -0.05) is 0 Å². The van der Waals surface area contributed by atoms with E-state index in [9.17, 15) is 4.79 Å². The van der Waals surface area contributed by atoms with Crippen LogP contribution in [0.4, 0.5) is 4.79 Å². The van der Waals surface area contributed by atoms with Crippen molar-refractivity contribution >= 4 is 6.03 Å². The van der Waals surface area contributed by atoms with Crippen molar-refractivity contribution in [3.63, 3.8) is 0 Å². The van der Waals surface area contributed by atoms with Crippen molar-refractivity contribution in [2.45, 2.75) is 12.3 Å². The average molecular weight is 160 g/mol. The number of hydrogen-bond acceptors (Lipinski definition) is 3. The molecular weight excluding hydrogens is 148 g/mol. The minimum Gasteiger partial charge on any atom is -0.387 e. The Morgan fingerprint density at radius 2 is 2.00 bits per heavy atom. The summed E-state index contributed by atoms with van der Waals surface area (Å²) in [5, 5.41) is 18.3. The van der Waals surface area contributed by atoms with E-state index in [1.807, 2.05) is 0 Å². The number of likely N-dealkylation sites (N-methyl/N-ethyl adjacent to an activating group) is 2. The number of carbonyl (C=O) groups is 1. The van der Waals surface area contributed by atoms with Gasteiger partial charge in [0.15, 0.2) is 6.23 Å². The Morgan fingerprint density at radius 3 is 2.55 bits per heavy atom. The Labute approximate surface area is 64.8 Å². The quantitative estimate of drug-likeness (QED) is 0.461. The van der Waals surface area contributed by atoms with Crippen molar-refractivity contribution < 1.29 is 15.0 Å². The molecule has 1 rings (SSSR count). The lowest BCUT2D eigenvalue weighted by Gasteiger charge is -2.37. The van der Waals surface area contributed by atoms with Crippen LogP contribution < -0.4 is 0 Å². The second-order valence-electron chi connectivity index (χ2n) is 2.75. The number of β-amino-alcohol motifs (C(OH)–C–C–N with tert-alkyl or cyclic N) is 1. The molecule has 1 fully saturated rings. The molecule has 1 heterocycles. The van der Waals surface area contributed by atoms with Gasteiger partial charge in [-0.25, -0.2) is 4.79 Å². The molecule has 2 N–H and O–H groups in total. The monoisotopic (exact) mass is 160 g/mol. The number of hydrogen-bond donors (Lipinski definition) is 2. The Bertz CT molecular complexity index is 173. The van der Waals surface area contributed by atoms with Crippen LogP contribution in [0.3, 0.4) is 0 Å². The van der Waals surface area contributed by atoms with Gasteiger partial charge in [-0.2, -0.15) is 0 Å². The molecule has 1 aliphatic heterocycles. The third-order valence-electron chi connectivity index (χ3n) is 1.83. The lowest BCUT2D eigenvalue weighted by Crippen LogP contribution is -2.58. The summed E-state index contributed by atoms with van der Waals surface area (Å²) in [6.07, 6.45) is -1.94. The lowest BCUT2D eigenvalue weighted by molar-refractivity contribution is -0.0860. The van der Waals surface area contributed by atoms with Crippen LogP contribution in [0.25, 0.3) is 0 Å². The highest BCUT2D eigenvalue weighted by Crippen LogP contribution is 2.10. The summed E-state index contributed by atoms with van der Waals surface area (Å²) in [5.41, 5.74) is 0. The molecule has 5 nitrogen and oxygen atoms in total. The predicted octanol–water partition coefficient (Wildman–Crippen LogP) is -1.34. The molecule has 0 spiro atoms. The third-order valence-corrected chi connectivity index (χ3v) is 1.83. The van der Waals surface area contributed by atoms with E-state index >= 15 is 0 Å². The summed E-state index contributed by atoms with van der Waals surface area (Å²) in [5.74, 6) is 0. The first-order chi connectivity index (χ1) is 5.04. The summed E-state index contributed by atoms with van der Waals surface area (Å²) in [4.78, 5) is 13.5. The van der Waals surface area contributed by atoms with E-state index in [2.05, 4.69) is 0 Å². The molecule has 0 saturated carbocycles. The molecular formula is C6H12N2O3. The SMILES string of the molecule is CN1C[C@@H](O)[C@@H](O)N(C)C1=O. The first kappa shape index (κ1) is 8.29. The fourth-order valence-corrected chi connectivity index (χ4v) is 1.09. The number of urea groups is 1. The van der Waals surface area contributed by atoms with Gasteiger partial charge >= 0.3 is 6.03 Å². The maximum atomic E-state index is 11.1. The van der Waals surface area contributed by atoms with E-state index in [0.717, 1.165) is 4.90 Å². The molecule has 0 bridgehead atoms. The molecule has 5 heteroatoms. The van der Waals surface area contributed by atoms with Crippen LogP contribution >= 0.6 is 0 Å². The molecule has 2 atom stereocenters. The highest BCUT2D eigenvalue weighted by molar-refractivity contribution is 5.75. The summed E-state index contributed by atoms with van der Waals surface area (Å²) in [7, 11) is 3.03. The van der Waals surface area contributed by atoms with E-state index in [1.165, 1.54) is 11.9 Å². The number of aliphatic hydroxyl groups excluding tert-OH is 2. The fraction of sp³-hybridized carbons (Fsp3) is 0.833. The van der Waals surface area contributed by atoms with Crippen LogP contribution in [0, 0.1) is 0 Å². The molecule has 11 heavy (non-hydrogen) atoms. The Balaban J connectivity index is 2.70. The molecule has 0 unspecified atom stereocenters. The zero-order valence-electron chi connectivity index (χ0n) is 6.56. The van der Waals surface area contributed by atoms with Crippen LogP contribution in [-0.2, 0) is 0 Å². The topological polar surface area (TPSA) is 64.0 Å². The van der Waals surface area contributed by atoms with Crippen molar-refractivity contribution in [2.24, 2.45) is 0 Å². The van der Waals surface area contributed by atoms with Crippen LogP contribution in [0.2, 0.25) is 0 Å². The van der Waals surface area contributed by atoms with Crippen molar-refractivity contribution in [3.05, 3.63) is 0 Å². The summed E-state index contributed by atoms with van der Waals surface area (Å²) < 4.78 is 0. The number of aliphatic hydroxyl groups is 2. The number of nitrogens with zero attached hydrogens (tertiary/aromatic N) is 2. The van der Waals surface area contributed by atoms with Crippen molar-refractivity contribution in [1.29, 1.82) is 0 Å². The van der Waals surface area contributed by atoms with Crippen molar-refractivity contribution in [1.82, 2.24) is 9.80 Å². The van der Waals surface area contributed by atoms with E-state index in [4.69, 9.17) is 10.2 Å². The molecule has 0 aliphatic carbocycles. The first-order valence-corrected chi connectivity index (χ1v) is 3.38. The van der Waals surface area contributed by atoms with Gasteiger partial charge in [0.1, 0.15) is 6.10 Å². The first-order valence-electron chi connectivity index (χ1n) is 3.38. The average Bonchev–Trinajstić information content (AvgIpc) is 1.97. The normalized spacial score (nSPS) is 32.9. The summed E-state index contributed by atoms with van der Waals surface area (Å²) in [6, 6.07) is -0.275. The number of amides is 2. The van der Waals surface area contributed by atoms with Gasteiger partial charge in [0.25, 0.3) is 0 Å². The Kier molecular flexibility index (Phi) is 2.01. The van der Waals surface area contributed by atoms with Crippen LogP contribution in [0.1, 0.15) is 0 Å². The van der Waals surface area contributed by atoms with E-state index < -0.39 is 12.3 Å². The van der Waals surface area contributed by atoms with Gasteiger partial charge in [-0.05, 0) is 0 Å². The van der Waals surface area contributed by atoms with Crippen LogP contribution in [-0.4, -0.2) is 59.0 Å². The maximum absolute atomic E-state index is 11.1. The fourth-order valence-electron chi connectivity index (χ4n) is 1.09. The highest BCUT2D eigenvalue weighted by Gasteiger charge is 2.33. The van der Waals surface area contributed by atoms with Crippen molar-refractivity contribution in [3.8, 4) is 0 Å². The van der Waals surface area contributed by atoms with E-state index in [-0.39, 0.29) is 12.6 Å². The molecule has 64 valence electrons. The smallest absolute Gasteiger partial charge is 0.321 e. The largest absolute Gasteiger partial charge is 0.387 e. The predicted molar refractivity (Wildman–Crippen MR) is 37.8 cm³/mol. The number of rotatable bonds is 0. The molecule has 1 aliphatic rings. The third kappa shape index (κ3) is 1.29. The van der Waals surface area contributed by atoms with Gasteiger partial charge < -0.3 is 15.1 Å². The van der Waals surface area contributed by atoms with Gasteiger partial charge in [-0.15, -0.1) is 0 Å². The van der Waals surface area contributed by atoms with E-state index in [0.29, 0.717) is 0 Å². The van der Waals surface area contributed by atoms with Gasteiger partial charge in [0, 0.05) is 14.1 Å². The zero-order chi connectivity index (χ0) is 8.59. The minimum absolute atomic E-state index is 0.185. The van der Waals surface area contributed by atoms with Crippen LogP contribution in [0.15, 0.2) is 0 Å². The van der Waals surface area contributed by atoms with Gasteiger partial charge in [0.05, 0.1) is 6.54 Å². The molecule has 0 aromatic rings. The maximum Gasteiger partial charge on any atom is 0.321 e. The standard InChI is InChI=1S/C6H12N2O3/c1-7-3-4(9)5(10)8(2)6(7)11/h4-5,9-10H,3H2,1-2H3/t4-,5-/m1/s1. The summed E-state index contributed by atoms with van der Waals surface area (Å²) in [6.45, 7) is 0.185. The van der Waals surface area contributed by atoms with Crippen molar-refractivity contribution in [2.75, 3.05) is 20.6 Å². The zero-order valence-corrected chi connectivity index (χ0v) is 6.56. The van der Waals surface area contributed by atoms with Crippen LogP contribution in [0.5, 0.6) is 0 Å². The molecule has 0 radical (unpaired) electrons. The van der Waals surface area contributed by atoms with Gasteiger partial charge in [0.2, 0.25) is 0 Å². The molecule has 1 saturated heterocycles. The molecule has 0 aromatic carbocycles. The Morgan fingerprint density at radius 1 is 1.45 bits per heavy atom.